The van der Waals surface area contributed by atoms with Gasteiger partial charge in [0, 0.05) is 17.8 Å². The fourth-order valence-corrected chi connectivity index (χ4v) is 2.06. The number of nitrogens with one attached hydrogen (secondary N) is 1. The minimum absolute atomic E-state index is 0.0960. The maximum atomic E-state index is 11.7. The maximum absolute atomic E-state index is 11.7. The second-order valence-electron chi connectivity index (χ2n) is 4.47. The van der Waals surface area contributed by atoms with Crippen LogP contribution in [-0.4, -0.2) is 17.3 Å². The highest BCUT2D eigenvalue weighted by Crippen LogP contribution is 2.05. The van der Waals surface area contributed by atoms with Crippen LogP contribution in [0, 0.1) is 0 Å². The van der Waals surface area contributed by atoms with Gasteiger partial charge in [-0.3, -0.25) is 4.79 Å². The van der Waals surface area contributed by atoms with Gasteiger partial charge in [-0.15, -0.1) is 11.6 Å². The third-order valence-corrected chi connectivity index (χ3v) is 2.75. The van der Waals surface area contributed by atoms with Gasteiger partial charge >= 0.3 is 0 Å². The van der Waals surface area contributed by atoms with Crippen LogP contribution in [0.1, 0.15) is 32.3 Å². The fourth-order valence-electron chi connectivity index (χ4n) is 1.80. The number of aryl methyl sites for hydroxylation is 1. The summed E-state index contributed by atoms with van der Waals surface area (Å²) in [7, 11) is 0. The lowest BCUT2D eigenvalue weighted by Gasteiger charge is -2.14. The molecule has 0 aromatic heterocycles. The van der Waals surface area contributed by atoms with E-state index in [1.807, 2.05) is 44.2 Å². The normalized spacial score (nSPS) is 14.1. The van der Waals surface area contributed by atoms with Crippen molar-refractivity contribution in [1.82, 2.24) is 5.32 Å². The van der Waals surface area contributed by atoms with E-state index in [9.17, 15) is 4.79 Å². The molecule has 0 heterocycles. The molecular formula is C14H20ClNO. The SMILES string of the molecule is CC(Cl)CC(C)NC(=O)CCc1ccccc1. The van der Waals surface area contributed by atoms with Gasteiger partial charge in [-0.2, -0.15) is 0 Å². The molecule has 2 nitrogen and oxygen atoms in total. The predicted molar refractivity (Wildman–Crippen MR) is 72.3 cm³/mol. The average molecular weight is 254 g/mol. The Morgan fingerprint density at radius 2 is 1.94 bits per heavy atom. The molecule has 0 aliphatic rings. The molecular weight excluding hydrogens is 234 g/mol. The maximum Gasteiger partial charge on any atom is 0.220 e. The van der Waals surface area contributed by atoms with Crippen molar-refractivity contribution in [1.29, 1.82) is 0 Å². The van der Waals surface area contributed by atoms with Gasteiger partial charge in [-0.1, -0.05) is 30.3 Å². The van der Waals surface area contributed by atoms with E-state index in [2.05, 4.69) is 5.32 Å². The van der Waals surface area contributed by atoms with E-state index in [4.69, 9.17) is 11.6 Å². The third-order valence-electron chi connectivity index (χ3n) is 2.57. The molecule has 1 rings (SSSR count). The van der Waals surface area contributed by atoms with Crippen LogP contribution < -0.4 is 5.32 Å². The Hall–Kier alpha value is -1.02. The van der Waals surface area contributed by atoms with Crippen molar-refractivity contribution in [2.45, 2.75) is 44.5 Å². The number of rotatable bonds is 6. The van der Waals surface area contributed by atoms with E-state index in [1.165, 1.54) is 5.56 Å². The Morgan fingerprint density at radius 3 is 2.53 bits per heavy atom. The van der Waals surface area contributed by atoms with Crippen molar-refractivity contribution in [2.24, 2.45) is 0 Å². The Kier molecular flexibility index (Phi) is 6.06. The van der Waals surface area contributed by atoms with Crippen LogP contribution in [0.15, 0.2) is 30.3 Å². The summed E-state index contributed by atoms with van der Waals surface area (Å²) in [6, 6.07) is 10.2. The number of amides is 1. The lowest BCUT2D eigenvalue weighted by molar-refractivity contribution is -0.121. The molecule has 0 aliphatic heterocycles. The largest absolute Gasteiger partial charge is 0.354 e. The molecule has 0 fully saturated rings. The first-order chi connectivity index (χ1) is 8.08. The van der Waals surface area contributed by atoms with Crippen LogP contribution in [0.2, 0.25) is 0 Å². The minimum atomic E-state index is 0.0960. The summed E-state index contributed by atoms with van der Waals surface area (Å²) >= 11 is 5.88. The van der Waals surface area contributed by atoms with Crippen molar-refractivity contribution in [3.8, 4) is 0 Å². The molecule has 0 saturated heterocycles. The van der Waals surface area contributed by atoms with Crippen molar-refractivity contribution >= 4 is 17.5 Å². The summed E-state index contributed by atoms with van der Waals surface area (Å²) in [6.45, 7) is 3.92. The number of alkyl halides is 1. The van der Waals surface area contributed by atoms with Crippen LogP contribution in [-0.2, 0) is 11.2 Å². The highest BCUT2D eigenvalue weighted by Gasteiger charge is 2.09. The fraction of sp³-hybridized carbons (Fsp3) is 0.500. The van der Waals surface area contributed by atoms with Gasteiger partial charge < -0.3 is 5.32 Å². The van der Waals surface area contributed by atoms with Gasteiger partial charge in [0.05, 0.1) is 0 Å². The quantitative estimate of drug-likeness (QED) is 0.776. The topological polar surface area (TPSA) is 29.1 Å². The standard InChI is InChI=1S/C14H20ClNO/c1-11(15)10-12(2)16-14(17)9-8-13-6-4-3-5-7-13/h3-7,11-12H,8-10H2,1-2H3,(H,16,17). The van der Waals surface area contributed by atoms with Crippen LogP contribution in [0.5, 0.6) is 0 Å². The van der Waals surface area contributed by atoms with Gasteiger partial charge in [0.2, 0.25) is 5.91 Å². The molecule has 0 bridgehead atoms. The molecule has 1 amide bonds. The van der Waals surface area contributed by atoms with Crippen LogP contribution in [0.25, 0.3) is 0 Å². The molecule has 94 valence electrons. The first-order valence-electron chi connectivity index (χ1n) is 6.05. The summed E-state index contributed by atoms with van der Waals surface area (Å²) < 4.78 is 0. The molecule has 1 N–H and O–H groups in total. The second kappa shape index (κ2) is 7.33. The smallest absolute Gasteiger partial charge is 0.220 e. The van der Waals surface area contributed by atoms with Crippen molar-refractivity contribution in [2.75, 3.05) is 0 Å². The molecule has 0 aliphatic carbocycles. The third kappa shape index (κ3) is 6.32. The number of hydrogen-bond acceptors (Lipinski definition) is 1. The van der Waals surface area contributed by atoms with Gasteiger partial charge in [0.15, 0.2) is 0 Å². The summed E-state index contributed by atoms with van der Waals surface area (Å²) in [4.78, 5) is 11.7. The first kappa shape index (κ1) is 14.0. The van der Waals surface area contributed by atoms with Crippen LogP contribution in [0.3, 0.4) is 0 Å². The summed E-state index contributed by atoms with van der Waals surface area (Å²) in [6.07, 6.45) is 2.12. The van der Waals surface area contributed by atoms with Crippen molar-refractivity contribution < 1.29 is 4.79 Å². The zero-order valence-electron chi connectivity index (χ0n) is 10.4. The average Bonchev–Trinajstić information content (AvgIpc) is 2.26. The van der Waals surface area contributed by atoms with Crippen LogP contribution in [0.4, 0.5) is 0 Å². The molecule has 2 unspecified atom stereocenters. The van der Waals surface area contributed by atoms with E-state index >= 15 is 0 Å². The molecule has 1 aromatic carbocycles. The highest BCUT2D eigenvalue weighted by molar-refractivity contribution is 6.20. The van der Waals surface area contributed by atoms with E-state index < -0.39 is 0 Å². The van der Waals surface area contributed by atoms with E-state index in [0.717, 1.165) is 12.8 Å². The number of carbonyl (C=O) groups is 1. The van der Waals surface area contributed by atoms with Gasteiger partial charge in [-0.05, 0) is 32.3 Å². The van der Waals surface area contributed by atoms with E-state index in [0.29, 0.717) is 6.42 Å². The Labute approximate surface area is 108 Å². The molecule has 1 aromatic rings. The van der Waals surface area contributed by atoms with E-state index in [-0.39, 0.29) is 17.3 Å². The van der Waals surface area contributed by atoms with E-state index in [1.54, 1.807) is 0 Å². The number of hydrogen-bond donors (Lipinski definition) is 1. The summed E-state index contributed by atoms with van der Waals surface area (Å²) in [5, 5.41) is 3.05. The van der Waals surface area contributed by atoms with Gasteiger partial charge in [0.25, 0.3) is 0 Å². The molecule has 0 spiro atoms. The van der Waals surface area contributed by atoms with Gasteiger partial charge in [0.1, 0.15) is 0 Å². The number of halogens is 1. The molecule has 17 heavy (non-hydrogen) atoms. The molecule has 3 heteroatoms. The van der Waals surface area contributed by atoms with Gasteiger partial charge in [-0.25, -0.2) is 0 Å². The monoisotopic (exact) mass is 253 g/mol. The molecule has 0 radical (unpaired) electrons. The van der Waals surface area contributed by atoms with Crippen LogP contribution >= 0.6 is 11.6 Å². The number of benzene rings is 1. The summed E-state index contributed by atoms with van der Waals surface area (Å²) in [5.74, 6) is 0.0960. The zero-order chi connectivity index (χ0) is 12.7. The Balaban J connectivity index is 2.26. The van der Waals surface area contributed by atoms with Crippen molar-refractivity contribution in [3.63, 3.8) is 0 Å². The second-order valence-corrected chi connectivity index (χ2v) is 5.22. The highest BCUT2D eigenvalue weighted by atomic mass is 35.5. The molecule has 0 saturated carbocycles. The van der Waals surface area contributed by atoms with Crippen molar-refractivity contribution in [3.05, 3.63) is 35.9 Å². The lowest BCUT2D eigenvalue weighted by atomic mass is 10.1. The lowest BCUT2D eigenvalue weighted by Crippen LogP contribution is -2.34. The summed E-state index contributed by atoms with van der Waals surface area (Å²) in [5.41, 5.74) is 1.20. The minimum Gasteiger partial charge on any atom is -0.354 e. The zero-order valence-corrected chi connectivity index (χ0v) is 11.2. The predicted octanol–water partition coefficient (Wildman–Crippen LogP) is 3.14. The Morgan fingerprint density at radius 1 is 1.29 bits per heavy atom. The first-order valence-corrected chi connectivity index (χ1v) is 6.49. The molecule has 2 atom stereocenters. The number of carbonyl (C=O) groups excluding carboxylic acids is 1. The Bertz CT molecular complexity index is 337.